The zero-order valence-electron chi connectivity index (χ0n) is 8.59. The molecular formula is C8H15Br3HgN2. The minimum atomic E-state index is -0.458. The summed E-state index contributed by atoms with van der Waals surface area (Å²) in [6, 6.07) is 0. The van der Waals surface area contributed by atoms with Crippen molar-refractivity contribution < 1.29 is 41.3 Å². The number of imidazole rings is 1. The van der Waals surface area contributed by atoms with E-state index in [1.807, 2.05) is 7.05 Å². The molecule has 0 saturated carbocycles. The summed E-state index contributed by atoms with van der Waals surface area (Å²) in [4.78, 5) is 0. The third-order valence-corrected chi connectivity index (χ3v) is 1.59. The van der Waals surface area contributed by atoms with E-state index in [4.69, 9.17) is 0 Å². The second-order valence-electron chi connectivity index (χ2n) is 2.77. The second kappa shape index (κ2) is 12.7. The maximum absolute atomic E-state index is 3.28. The van der Waals surface area contributed by atoms with Gasteiger partial charge in [0.25, 0.3) is 0 Å². The first-order chi connectivity index (χ1) is 6.24. The zero-order valence-corrected chi connectivity index (χ0v) is 18.8. The molecule has 0 aliphatic carbocycles. The molecule has 1 aromatic heterocycles. The molecule has 0 atom stereocenters. The average Bonchev–Trinajstić information content (AvgIpc) is 2.49. The van der Waals surface area contributed by atoms with E-state index >= 15 is 0 Å². The summed E-state index contributed by atoms with van der Waals surface area (Å²) in [5, 5.41) is 0. The SMILES string of the molecule is CCCCn1cc[n+](C)c1.[Br-].[Br][Hg][Br]. The Morgan fingerprint density at radius 3 is 2.36 bits per heavy atom. The molecule has 0 saturated heterocycles. The molecular weight excluding hydrogens is 564 g/mol. The summed E-state index contributed by atoms with van der Waals surface area (Å²) in [6.45, 7) is 3.36. The summed E-state index contributed by atoms with van der Waals surface area (Å²) in [7, 11) is 2.04. The van der Waals surface area contributed by atoms with Gasteiger partial charge in [-0.15, -0.1) is 0 Å². The van der Waals surface area contributed by atoms with Crippen molar-refractivity contribution in [1.29, 1.82) is 0 Å². The monoisotopic (exact) mass is 578 g/mol. The molecule has 0 unspecified atom stereocenters. The molecule has 1 rings (SSSR count). The normalized spacial score (nSPS) is 8.00. The maximum atomic E-state index is 3.28. The molecule has 1 aromatic rings. The molecule has 0 amide bonds. The van der Waals surface area contributed by atoms with Crippen LogP contribution in [0.3, 0.4) is 0 Å². The molecule has 0 aliphatic rings. The van der Waals surface area contributed by atoms with Crippen LogP contribution in [0.5, 0.6) is 0 Å². The topological polar surface area (TPSA) is 8.81 Å². The van der Waals surface area contributed by atoms with Crippen molar-refractivity contribution in [2.75, 3.05) is 0 Å². The molecule has 80 valence electrons. The van der Waals surface area contributed by atoms with Crippen molar-refractivity contribution >= 4 is 23.8 Å². The van der Waals surface area contributed by atoms with Crippen LogP contribution in [0.25, 0.3) is 0 Å². The van der Waals surface area contributed by atoms with E-state index in [9.17, 15) is 0 Å². The third kappa shape index (κ3) is 10.1. The predicted molar refractivity (Wildman–Crippen MR) is 58.4 cm³/mol. The Balaban J connectivity index is 0. The number of hydrogen-bond donors (Lipinski definition) is 0. The van der Waals surface area contributed by atoms with E-state index in [1.54, 1.807) is 0 Å². The van der Waals surface area contributed by atoms with Gasteiger partial charge in [-0.25, -0.2) is 9.13 Å². The Morgan fingerprint density at radius 1 is 1.43 bits per heavy atom. The summed E-state index contributed by atoms with van der Waals surface area (Å²) in [6.07, 6.45) is 8.82. The first-order valence-electron chi connectivity index (χ1n) is 4.37. The summed E-state index contributed by atoms with van der Waals surface area (Å²) >= 11 is 6.11. The number of hydrogen-bond acceptors (Lipinski definition) is 0. The van der Waals surface area contributed by atoms with Gasteiger partial charge in [0.1, 0.15) is 12.4 Å². The van der Waals surface area contributed by atoms with Gasteiger partial charge < -0.3 is 17.0 Å². The average molecular weight is 580 g/mol. The molecule has 2 nitrogen and oxygen atoms in total. The zero-order chi connectivity index (χ0) is 10.1. The Labute approximate surface area is 120 Å². The van der Waals surface area contributed by atoms with Crippen molar-refractivity contribution in [2.24, 2.45) is 7.05 Å². The molecule has 0 spiro atoms. The number of aryl methyl sites for hydroxylation is 2. The molecule has 0 radical (unpaired) electrons. The molecule has 0 bridgehead atoms. The van der Waals surface area contributed by atoms with E-state index < -0.39 is 19.7 Å². The molecule has 14 heavy (non-hydrogen) atoms. The molecule has 0 fully saturated rings. The Hall–Kier alpha value is 1.59. The fraction of sp³-hybridized carbons (Fsp3) is 0.625. The van der Waals surface area contributed by atoms with Gasteiger partial charge >= 0.3 is 43.5 Å². The van der Waals surface area contributed by atoms with Gasteiger partial charge in [-0.05, 0) is 6.42 Å². The van der Waals surface area contributed by atoms with E-state index in [0.717, 1.165) is 6.54 Å². The van der Waals surface area contributed by atoms with Crippen LogP contribution in [-0.4, -0.2) is 4.57 Å². The van der Waals surface area contributed by atoms with Gasteiger partial charge in [0.05, 0.1) is 13.6 Å². The molecule has 0 aromatic carbocycles. The van der Waals surface area contributed by atoms with Gasteiger partial charge in [-0.2, -0.15) is 0 Å². The fourth-order valence-electron chi connectivity index (χ4n) is 0.975. The van der Waals surface area contributed by atoms with Crippen LogP contribution in [-0.2, 0) is 33.3 Å². The molecule has 0 aliphatic heterocycles. The van der Waals surface area contributed by atoms with Crippen molar-refractivity contribution in [1.82, 2.24) is 4.57 Å². The van der Waals surface area contributed by atoms with Gasteiger partial charge in [0.2, 0.25) is 6.33 Å². The van der Waals surface area contributed by atoms with Crippen LogP contribution in [0.15, 0.2) is 18.7 Å². The number of unbranched alkanes of at least 4 members (excludes halogenated alkanes) is 1. The first kappa shape index (κ1) is 18.0. The molecule has 1 heterocycles. The van der Waals surface area contributed by atoms with Crippen molar-refractivity contribution in [3.05, 3.63) is 18.7 Å². The summed E-state index contributed by atoms with van der Waals surface area (Å²) in [5.41, 5.74) is 0. The van der Waals surface area contributed by atoms with E-state index in [1.165, 1.54) is 12.8 Å². The number of halogens is 3. The van der Waals surface area contributed by atoms with Crippen LogP contribution in [0, 0.1) is 0 Å². The van der Waals surface area contributed by atoms with Gasteiger partial charge in [0, 0.05) is 0 Å². The van der Waals surface area contributed by atoms with Gasteiger partial charge in [-0.3, -0.25) is 0 Å². The Morgan fingerprint density at radius 2 is 2.00 bits per heavy atom. The van der Waals surface area contributed by atoms with E-state index in [-0.39, 0.29) is 17.0 Å². The minimum absolute atomic E-state index is 0. The summed E-state index contributed by atoms with van der Waals surface area (Å²) in [5.74, 6) is 0. The quantitative estimate of drug-likeness (QED) is 0.347. The van der Waals surface area contributed by atoms with Gasteiger partial charge in [-0.1, -0.05) is 13.3 Å². The van der Waals surface area contributed by atoms with Crippen molar-refractivity contribution in [2.45, 2.75) is 26.3 Å². The first-order valence-corrected chi connectivity index (χ1v) is 28.2. The van der Waals surface area contributed by atoms with Crippen LogP contribution in [0.4, 0.5) is 0 Å². The Bertz CT molecular complexity index is 218. The number of aromatic nitrogens is 2. The number of nitrogens with zero attached hydrogens (tertiary/aromatic N) is 2. The van der Waals surface area contributed by atoms with Gasteiger partial charge in [0.15, 0.2) is 0 Å². The molecule has 0 N–H and O–H groups in total. The predicted octanol–water partition coefficient (Wildman–Crippen LogP) is -0.195. The Kier molecular flexibility index (Phi) is 16.2. The van der Waals surface area contributed by atoms with Crippen LogP contribution < -0.4 is 21.5 Å². The van der Waals surface area contributed by atoms with Crippen molar-refractivity contribution in [3.63, 3.8) is 0 Å². The van der Waals surface area contributed by atoms with Crippen molar-refractivity contribution in [3.8, 4) is 0 Å². The fourth-order valence-corrected chi connectivity index (χ4v) is 0.975. The van der Waals surface area contributed by atoms with Crippen LogP contribution >= 0.6 is 23.8 Å². The standard InChI is InChI=1S/C8H15N2.3BrH.Hg/c1-3-4-5-10-7-6-9(2)8-10;;;;/h6-8H,3-5H2,1-2H3;3*1H;/q+1;;;;+2/p-3. The number of rotatable bonds is 3. The van der Waals surface area contributed by atoms with E-state index in [0.29, 0.717) is 0 Å². The molecule has 6 heteroatoms. The van der Waals surface area contributed by atoms with E-state index in [2.05, 4.69) is 58.6 Å². The van der Waals surface area contributed by atoms with Crippen LogP contribution in [0.1, 0.15) is 19.8 Å². The summed E-state index contributed by atoms with van der Waals surface area (Å²) < 4.78 is 4.28. The second-order valence-corrected chi connectivity index (χ2v) is 26.6. The third-order valence-electron chi connectivity index (χ3n) is 1.59. The van der Waals surface area contributed by atoms with Crippen LogP contribution in [0.2, 0.25) is 0 Å².